The van der Waals surface area contributed by atoms with Crippen molar-refractivity contribution in [3.63, 3.8) is 0 Å². The Hall–Kier alpha value is -2.68. The molecule has 0 aliphatic carbocycles. The van der Waals surface area contributed by atoms with E-state index in [-0.39, 0.29) is 4.90 Å². The molecule has 4 rings (SSSR count). The second kappa shape index (κ2) is 7.38. The molecule has 0 bridgehead atoms. The van der Waals surface area contributed by atoms with E-state index in [9.17, 15) is 8.42 Å². The van der Waals surface area contributed by atoms with Crippen LogP contribution in [0.2, 0.25) is 5.02 Å². The second-order valence-electron chi connectivity index (χ2n) is 6.52. The molecule has 0 saturated carbocycles. The van der Waals surface area contributed by atoms with Gasteiger partial charge in [-0.2, -0.15) is 4.98 Å². The largest absolute Gasteiger partial charge is 0.352 e. The van der Waals surface area contributed by atoms with Crippen LogP contribution in [0.1, 0.15) is 11.1 Å². The van der Waals surface area contributed by atoms with Gasteiger partial charge < -0.3 is 10.2 Å². The highest BCUT2D eigenvalue weighted by molar-refractivity contribution is 7.89. The Labute approximate surface area is 168 Å². The monoisotopic (exact) mass is 415 g/mol. The van der Waals surface area contributed by atoms with Gasteiger partial charge in [0.1, 0.15) is 5.82 Å². The number of primary sulfonamides is 1. The first-order valence-electron chi connectivity index (χ1n) is 8.64. The van der Waals surface area contributed by atoms with Crippen molar-refractivity contribution in [2.45, 2.75) is 17.9 Å². The summed E-state index contributed by atoms with van der Waals surface area (Å²) in [5.74, 6) is 1.22. The number of benzene rings is 2. The van der Waals surface area contributed by atoms with E-state index < -0.39 is 10.0 Å². The zero-order valence-corrected chi connectivity index (χ0v) is 16.4. The minimum Gasteiger partial charge on any atom is -0.352 e. The van der Waals surface area contributed by atoms with E-state index in [2.05, 4.69) is 20.2 Å². The van der Waals surface area contributed by atoms with E-state index >= 15 is 0 Å². The van der Waals surface area contributed by atoms with Gasteiger partial charge in [-0.05, 0) is 53.9 Å². The SMILES string of the molecule is NS(=O)(=O)c1ccc2c(c1)CN(c1ccnc(Nc3cccc(Cl)c3)n1)CC2. The van der Waals surface area contributed by atoms with Crippen molar-refractivity contribution in [1.82, 2.24) is 9.97 Å². The Kier molecular flexibility index (Phi) is 4.92. The maximum Gasteiger partial charge on any atom is 0.238 e. The molecule has 1 aromatic heterocycles. The summed E-state index contributed by atoms with van der Waals surface area (Å²) in [4.78, 5) is 11.1. The number of anilines is 3. The third-order valence-corrected chi connectivity index (χ3v) is 5.71. The molecule has 0 atom stereocenters. The van der Waals surface area contributed by atoms with Crippen molar-refractivity contribution in [3.8, 4) is 0 Å². The van der Waals surface area contributed by atoms with Crippen LogP contribution in [0.5, 0.6) is 0 Å². The summed E-state index contributed by atoms with van der Waals surface area (Å²) in [7, 11) is -3.73. The number of aromatic nitrogens is 2. The first-order valence-corrected chi connectivity index (χ1v) is 10.6. The highest BCUT2D eigenvalue weighted by Gasteiger charge is 2.20. The Morgan fingerprint density at radius 1 is 1.11 bits per heavy atom. The van der Waals surface area contributed by atoms with Gasteiger partial charge >= 0.3 is 0 Å². The first-order chi connectivity index (χ1) is 13.4. The minimum atomic E-state index is -3.73. The molecule has 144 valence electrons. The van der Waals surface area contributed by atoms with Gasteiger partial charge in [0, 0.05) is 30.0 Å². The second-order valence-corrected chi connectivity index (χ2v) is 8.52. The third-order valence-electron chi connectivity index (χ3n) is 4.56. The van der Waals surface area contributed by atoms with Gasteiger partial charge in [0.15, 0.2) is 0 Å². The molecule has 3 N–H and O–H groups in total. The molecule has 2 heterocycles. The number of nitrogens with two attached hydrogens (primary N) is 1. The summed E-state index contributed by atoms with van der Waals surface area (Å²) in [5.41, 5.74) is 2.85. The normalized spacial score (nSPS) is 13.9. The summed E-state index contributed by atoms with van der Waals surface area (Å²) < 4.78 is 23.3. The lowest BCUT2D eigenvalue weighted by atomic mass is 10.00. The number of rotatable bonds is 4. The van der Waals surface area contributed by atoms with Crippen molar-refractivity contribution in [2.24, 2.45) is 5.14 Å². The maximum absolute atomic E-state index is 11.6. The Morgan fingerprint density at radius 2 is 1.96 bits per heavy atom. The average molecular weight is 416 g/mol. The summed E-state index contributed by atoms with van der Waals surface area (Å²) in [6.45, 7) is 1.32. The van der Waals surface area contributed by atoms with E-state index in [0.29, 0.717) is 17.5 Å². The first kappa shape index (κ1) is 18.7. The van der Waals surface area contributed by atoms with Crippen LogP contribution in [0.3, 0.4) is 0 Å². The fourth-order valence-corrected chi connectivity index (χ4v) is 3.94. The van der Waals surface area contributed by atoms with E-state index in [1.165, 1.54) is 0 Å². The molecule has 0 spiro atoms. The molecule has 2 aromatic carbocycles. The zero-order valence-electron chi connectivity index (χ0n) is 14.8. The standard InChI is InChI=1S/C19H18ClN5O2S/c20-15-2-1-3-16(11-15)23-19-22-8-6-18(24-19)25-9-7-13-4-5-17(28(21,26)27)10-14(13)12-25/h1-6,8,10-11H,7,9,12H2,(H2,21,26,27)(H,22,23,24). The van der Waals surface area contributed by atoms with Gasteiger partial charge in [0.05, 0.1) is 4.90 Å². The molecule has 7 nitrogen and oxygen atoms in total. The van der Waals surface area contributed by atoms with Crippen molar-refractivity contribution >= 4 is 39.1 Å². The smallest absolute Gasteiger partial charge is 0.238 e. The van der Waals surface area contributed by atoms with Gasteiger partial charge in [-0.1, -0.05) is 23.7 Å². The topological polar surface area (TPSA) is 101 Å². The number of sulfonamides is 1. The van der Waals surface area contributed by atoms with Crippen molar-refractivity contribution < 1.29 is 8.42 Å². The molecule has 28 heavy (non-hydrogen) atoms. The van der Waals surface area contributed by atoms with Crippen molar-refractivity contribution in [1.29, 1.82) is 0 Å². The van der Waals surface area contributed by atoms with Crippen molar-refractivity contribution in [3.05, 3.63) is 70.9 Å². The molecule has 3 aromatic rings. The predicted octanol–water partition coefficient (Wildman–Crippen LogP) is 3.08. The fraction of sp³-hybridized carbons (Fsp3) is 0.158. The number of hydrogen-bond acceptors (Lipinski definition) is 6. The lowest BCUT2D eigenvalue weighted by molar-refractivity contribution is 0.597. The highest BCUT2D eigenvalue weighted by atomic mass is 35.5. The van der Waals surface area contributed by atoms with Crippen LogP contribution >= 0.6 is 11.6 Å². The fourth-order valence-electron chi connectivity index (χ4n) is 3.19. The van der Waals surface area contributed by atoms with Gasteiger partial charge in [-0.15, -0.1) is 0 Å². The molecule has 1 aliphatic rings. The third kappa shape index (κ3) is 4.09. The van der Waals surface area contributed by atoms with E-state index in [0.717, 1.165) is 35.6 Å². The molecular formula is C19H18ClN5O2S. The van der Waals surface area contributed by atoms with Crippen LogP contribution in [-0.2, 0) is 23.0 Å². The summed E-state index contributed by atoms with van der Waals surface area (Å²) in [5, 5.41) is 9.03. The summed E-state index contributed by atoms with van der Waals surface area (Å²) in [6, 6.07) is 14.2. The molecule has 0 radical (unpaired) electrons. The highest BCUT2D eigenvalue weighted by Crippen LogP contribution is 2.26. The molecule has 0 fully saturated rings. The van der Waals surface area contributed by atoms with Gasteiger partial charge in [0.2, 0.25) is 16.0 Å². The minimum absolute atomic E-state index is 0.124. The van der Waals surface area contributed by atoms with Gasteiger partial charge in [0.25, 0.3) is 0 Å². The van der Waals surface area contributed by atoms with Gasteiger partial charge in [-0.25, -0.2) is 18.5 Å². The average Bonchev–Trinajstić information content (AvgIpc) is 2.67. The molecule has 1 aliphatic heterocycles. The van der Waals surface area contributed by atoms with Gasteiger partial charge in [-0.3, -0.25) is 0 Å². The van der Waals surface area contributed by atoms with E-state index in [1.54, 1.807) is 30.5 Å². The number of hydrogen-bond donors (Lipinski definition) is 2. The zero-order chi connectivity index (χ0) is 19.7. The van der Waals surface area contributed by atoms with Crippen molar-refractivity contribution in [2.75, 3.05) is 16.8 Å². The van der Waals surface area contributed by atoms with Crippen LogP contribution in [-0.4, -0.2) is 24.9 Å². The van der Waals surface area contributed by atoms with Crippen LogP contribution in [0.15, 0.2) is 59.6 Å². The molecule has 0 unspecified atom stereocenters. The Balaban J connectivity index is 1.57. The lowest BCUT2D eigenvalue weighted by Crippen LogP contribution is -2.31. The summed E-state index contributed by atoms with van der Waals surface area (Å²) >= 11 is 6.02. The Morgan fingerprint density at radius 3 is 2.75 bits per heavy atom. The number of fused-ring (bicyclic) bond motifs is 1. The molecule has 0 amide bonds. The van der Waals surface area contributed by atoms with Crippen LogP contribution in [0.25, 0.3) is 0 Å². The molecule has 9 heteroatoms. The van der Waals surface area contributed by atoms with Crippen LogP contribution < -0.4 is 15.4 Å². The molecular weight excluding hydrogens is 398 g/mol. The Bertz CT molecular complexity index is 1140. The van der Waals surface area contributed by atoms with E-state index in [4.69, 9.17) is 16.7 Å². The number of halogens is 1. The molecule has 0 saturated heterocycles. The number of nitrogens with zero attached hydrogens (tertiary/aromatic N) is 3. The quantitative estimate of drug-likeness (QED) is 0.679. The predicted molar refractivity (Wildman–Crippen MR) is 109 cm³/mol. The van der Waals surface area contributed by atoms with Crippen LogP contribution in [0, 0.1) is 0 Å². The van der Waals surface area contributed by atoms with Crippen LogP contribution in [0.4, 0.5) is 17.5 Å². The number of nitrogens with one attached hydrogen (secondary N) is 1. The van der Waals surface area contributed by atoms with E-state index in [1.807, 2.05) is 24.3 Å². The lowest BCUT2D eigenvalue weighted by Gasteiger charge is -2.30. The summed E-state index contributed by atoms with van der Waals surface area (Å²) in [6.07, 6.45) is 2.48. The maximum atomic E-state index is 11.6.